The van der Waals surface area contributed by atoms with E-state index in [2.05, 4.69) is 47.2 Å². The van der Waals surface area contributed by atoms with Gasteiger partial charge in [0, 0.05) is 39.1 Å². The third kappa shape index (κ3) is 2.86. The Kier molecular flexibility index (Phi) is 4.29. The first-order valence-electron chi connectivity index (χ1n) is 8.65. The molecule has 134 valence electrons. The third-order valence-electron chi connectivity index (χ3n) is 5.42. The molecule has 3 atom stereocenters. The summed E-state index contributed by atoms with van der Waals surface area (Å²) in [6.45, 7) is 1.08. The van der Waals surface area contributed by atoms with E-state index in [-0.39, 0.29) is 18.0 Å². The van der Waals surface area contributed by atoms with Crippen LogP contribution in [0.4, 0.5) is 0 Å². The summed E-state index contributed by atoms with van der Waals surface area (Å²) in [6.07, 6.45) is 0.812. The first-order chi connectivity index (χ1) is 12.0. The summed E-state index contributed by atoms with van der Waals surface area (Å²) in [5, 5.41) is 2.43. The molecule has 0 aliphatic carbocycles. The van der Waals surface area contributed by atoms with Crippen LogP contribution >= 0.6 is 0 Å². The number of nitrogens with zero attached hydrogens (tertiary/aromatic N) is 2. The van der Waals surface area contributed by atoms with Crippen molar-refractivity contribution in [2.24, 2.45) is 5.92 Å². The summed E-state index contributed by atoms with van der Waals surface area (Å²) < 4.78 is 28.0. The van der Waals surface area contributed by atoms with Crippen LogP contribution in [0.25, 0.3) is 10.8 Å². The first kappa shape index (κ1) is 16.9. The standard InChI is InChI=1S/C18H24N4O2S/c1-21(2)25(23,24)22-11-10-17-16(12-22)18(20-19-17)15-9-5-7-13-6-3-4-8-14(13)15/h3-9,16-20H,10-12H2,1-2H3. The Morgan fingerprint density at radius 1 is 1.08 bits per heavy atom. The molecule has 0 aromatic heterocycles. The Hall–Kier alpha value is -1.51. The normalized spacial score (nSPS) is 27.7. The van der Waals surface area contributed by atoms with Gasteiger partial charge in [0.1, 0.15) is 0 Å². The summed E-state index contributed by atoms with van der Waals surface area (Å²) in [6, 6.07) is 15.1. The number of fused-ring (bicyclic) bond motifs is 2. The molecular formula is C18H24N4O2S. The quantitative estimate of drug-likeness (QED) is 0.870. The van der Waals surface area contributed by atoms with Crippen LogP contribution in [0.3, 0.4) is 0 Å². The molecule has 2 aromatic carbocycles. The van der Waals surface area contributed by atoms with Crippen LogP contribution in [0.5, 0.6) is 0 Å². The molecule has 7 heteroatoms. The van der Waals surface area contributed by atoms with Gasteiger partial charge in [-0.25, -0.2) is 5.43 Å². The fourth-order valence-corrected chi connectivity index (χ4v) is 5.20. The summed E-state index contributed by atoms with van der Waals surface area (Å²) in [7, 11) is -0.192. The van der Waals surface area contributed by atoms with E-state index < -0.39 is 10.2 Å². The van der Waals surface area contributed by atoms with Gasteiger partial charge in [-0.2, -0.15) is 17.0 Å². The van der Waals surface area contributed by atoms with Crippen LogP contribution in [0, 0.1) is 5.92 Å². The predicted octanol–water partition coefficient (Wildman–Crippen LogP) is 1.49. The molecular weight excluding hydrogens is 336 g/mol. The van der Waals surface area contributed by atoms with Crippen molar-refractivity contribution in [3.05, 3.63) is 48.0 Å². The second-order valence-electron chi connectivity index (χ2n) is 7.04. The van der Waals surface area contributed by atoms with Crippen molar-refractivity contribution in [2.75, 3.05) is 27.2 Å². The summed E-state index contributed by atoms with van der Waals surface area (Å²) in [4.78, 5) is 0. The number of nitrogens with one attached hydrogen (secondary N) is 2. The van der Waals surface area contributed by atoms with Crippen molar-refractivity contribution in [3.63, 3.8) is 0 Å². The fraction of sp³-hybridized carbons (Fsp3) is 0.444. The van der Waals surface area contributed by atoms with Gasteiger partial charge in [-0.3, -0.25) is 5.43 Å². The number of hydrogen-bond acceptors (Lipinski definition) is 4. The Bertz CT molecular complexity index is 878. The lowest BCUT2D eigenvalue weighted by Gasteiger charge is -2.36. The second kappa shape index (κ2) is 6.34. The maximum absolute atomic E-state index is 12.5. The van der Waals surface area contributed by atoms with Crippen molar-refractivity contribution in [1.82, 2.24) is 19.5 Å². The predicted molar refractivity (Wildman–Crippen MR) is 99.0 cm³/mol. The minimum absolute atomic E-state index is 0.0938. The highest BCUT2D eigenvalue weighted by atomic mass is 32.2. The van der Waals surface area contributed by atoms with Gasteiger partial charge in [0.2, 0.25) is 0 Å². The first-order valence-corrected chi connectivity index (χ1v) is 10.0. The van der Waals surface area contributed by atoms with Crippen LogP contribution in [0.15, 0.2) is 42.5 Å². The van der Waals surface area contributed by atoms with Crippen molar-refractivity contribution in [2.45, 2.75) is 18.5 Å². The number of hydrazine groups is 1. The number of rotatable bonds is 3. The van der Waals surface area contributed by atoms with E-state index in [0.29, 0.717) is 13.1 Å². The average Bonchev–Trinajstić information content (AvgIpc) is 3.04. The van der Waals surface area contributed by atoms with E-state index in [1.807, 2.05) is 6.07 Å². The number of piperidine rings is 1. The zero-order chi connectivity index (χ0) is 17.6. The Morgan fingerprint density at radius 3 is 2.64 bits per heavy atom. The molecule has 2 aromatic rings. The number of hydrogen-bond donors (Lipinski definition) is 2. The smallest absolute Gasteiger partial charge is 0.254 e. The lowest BCUT2D eigenvalue weighted by Crippen LogP contribution is -2.50. The number of benzene rings is 2. The highest BCUT2D eigenvalue weighted by Crippen LogP contribution is 2.37. The van der Waals surface area contributed by atoms with Crippen LogP contribution in [0.2, 0.25) is 0 Å². The lowest BCUT2D eigenvalue weighted by molar-refractivity contribution is 0.227. The van der Waals surface area contributed by atoms with Crippen molar-refractivity contribution in [3.8, 4) is 0 Å². The molecule has 0 bridgehead atoms. The van der Waals surface area contributed by atoms with Crippen LogP contribution < -0.4 is 10.9 Å². The second-order valence-corrected chi connectivity index (χ2v) is 9.18. The van der Waals surface area contributed by atoms with Gasteiger partial charge in [-0.05, 0) is 22.8 Å². The molecule has 2 heterocycles. The highest BCUT2D eigenvalue weighted by Gasteiger charge is 2.43. The molecule has 3 unspecified atom stereocenters. The molecule has 0 saturated carbocycles. The molecule has 4 rings (SSSR count). The van der Waals surface area contributed by atoms with Gasteiger partial charge in [-0.15, -0.1) is 0 Å². The van der Waals surface area contributed by atoms with Gasteiger partial charge in [0.15, 0.2) is 0 Å². The van der Waals surface area contributed by atoms with Crippen molar-refractivity contribution in [1.29, 1.82) is 0 Å². The van der Waals surface area contributed by atoms with Crippen molar-refractivity contribution >= 4 is 21.0 Å². The minimum Gasteiger partial charge on any atom is -0.254 e. The molecule has 2 fully saturated rings. The van der Waals surface area contributed by atoms with Gasteiger partial charge < -0.3 is 0 Å². The largest absolute Gasteiger partial charge is 0.281 e. The summed E-state index contributed by atoms with van der Waals surface area (Å²) in [5.41, 5.74) is 8.04. The molecule has 25 heavy (non-hydrogen) atoms. The zero-order valence-corrected chi connectivity index (χ0v) is 15.3. The SMILES string of the molecule is CN(C)S(=O)(=O)N1CCC2NNC(c3cccc4ccccc34)C2C1. The maximum atomic E-state index is 12.5. The lowest BCUT2D eigenvalue weighted by atomic mass is 9.84. The van der Waals surface area contributed by atoms with E-state index in [4.69, 9.17) is 0 Å². The topological polar surface area (TPSA) is 64.7 Å². The van der Waals surface area contributed by atoms with E-state index in [1.54, 1.807) is 18.4 Å². The fourth-order valence-electron chi connectivity index (χ4n) is 4.04. The van der Waals surface area contributed by atoms with Crippen LogP contribution in [-0.2, 0) is 10.2 Å². The van der Waals surface area contributed by atoms with E-state index in [1.165, 1.54) is 20.6 Å². The minimum atomic E-state index is -3.38. The molecule has 0 amide bonds. The van der Waals surface area contributed by atoms with Gasteiger partial charge in [-0.1, -0.05) is 42.5 Å². The summed E-state index contributed by atoms with van der Waals surface area (Å²) >= 11 is 0. The van der Waals surface area contributed by atoms with Crippen molar-refractivity contribution < 1.29 is 8.42 Å². The molecule has 2 N–H and O–H groups in total. The Morgan fingerprint density at radius 2 is 1.84 bits per heavy atom. The molecule has 6 nitrogen and oxygen atoms in total. The molecule has 2 aliphatic rings. The van der Waals surface area contributed by atoms with Crippen LogP contribution in [-0.4, -0.2) is 50.3 Å². The van der Waals surface area contributed by atoms with E-state index >= 15 is 0 Å². The molecule has 2 saturated heterocycles. The van der Waals surface area contributed by atoms with Gasteiger partial charge in [0.25, 0.3) is 10.2 Å². The Balaban J connectivity index is 1.68. The molecule has 0 spiro atoms. The third-order valence-corrected chi connectivity index (χ3v) is 7.33. The maximum Gasteiger partial charge on any atom is 0.281 e. The monoisotopic (exact) mass is 360 g/mol. The highest BCUT2D eigenvalue weighted by molar-refractivity contribution is 7.86. The zero-order valence-electron chi connectivity index (χ0n) is 14.5. The molecule has 0 radical (unpaired) electrons. The van der Waals surface area contributed by atoms with E-state index in [0.717, 1.165) is 6.42 Å². The summed E-state index contributed by atoms with van der Waals surface area (Å²) in [5.74, 6) is 0.203. The Labute approximate surface area is 149 Å². The average molecular weight is 360 g/mol. The van der Waals surface area contributed by atoms with Gasteiger partial charge >= 0.3 is 0 Å². The molecule has 2 aliphatic heterocycles. The van der Waals surface area contributed by atoms with Gasteiger partial charge in [0.05, 0.1) is 6.04 Å². The van der Waals surface area contributed by atoms with E-state index in [9.17, 15) is 8.42 Å². The van der Waals surface area contributed by atoms with Crippen LogP contribution in [0.1, 0.15) is 18.0 Å².